The first-order valence-corrected chi connectivity index (χ1v) is 5.53. The van der Waals surface area contributed by atoms with Crippen LogP contribution >= 0.6 is 15.9 Å². The maximum atomic E-state index is 5.76. The lowest BCUT2D eigenvalue weighted by molar-refractivity contribution is 0.354. The zero-order chi connectivity index (χ0) is 11.4. The van der Waals surface area contributed by atoms with E-state index in [0.717, 1.165) is 28.0 Å². The van der Waals surface area contributed by atoms with Crippen molar-refractivity contribution in [3.8, 4) is 11.5 Å². The molecule has 0 aliphatic carbocycles. The Morgan fingerprint density at radius 3 is 2.27 bits per heavy atom. The molecule has 0 fully saturated rings. The number of ether oxygens (including phenoxy) is 2. The van der Waals surface area contributed by atoms with Crippen LogP contribution in [0.1, 0.15) is 12.5 Å². The summed E-state index contributed by atoms with van der Waals surface area (Å²) in [5, 5.41) is 0. The quantitative estimate of drug-likeness (QED) is 0.916. The van der Waals surface area contributed by atoms with Crippen LogP contribution < -0.4 is 15.2 Å². The van der Waals surface area contributed by atoms with Crippen LogP contribution in [0.25, 0.3) is 0 Å². The van der Waals surface area contributed by atoms with Gasteiger partial charge in [0.15, 0.2) is 11.5 Å². The van der Waals surface area contributed by atoms with Gasteiger partial charge in [-0.05, 0) is 31.0 Å². The molecule has 1 unspecified atom stereocenters. The minimum absolute atomic E-state index is 0.124. The van der Waals surface area contributed by atoms with Gasteiger partial charge < -0.3 is 15.2 Å². The van der Waals surface area contributed by atoms with Crippen LogP contribution in [0.2, 0.25) is 0 Å². The minimum Gasteiger partial charge on any atom is -0.493 e. The molecule has 1 aromatic carbocycles. The molecule has 0 spiro atoms. The van der Waals surface area contributed by atoms with Crippen LogP contribution in [-0.4, -0.2) is 20.3 Å². The number of rotatable bonds is 4. The van der Waals surface area contributed by atoms with Crippen molar-refractivity contribution < 1.29 is 9.47 Å². The van der Waals surface area contributed by atoms with E-state index in [1.807, 2.05) is 19.1 Å². The van der Waals surface area contributed by atoms with Gasteiger partial charge in [-0.15, -0.1) is 0 Å². The number of hydrogen-bond donors (Lipinski definition) is 1. The summed E-state index contributed by atoms with van der Waals surface area (Å²) in [6, 6.07) is 3.97. The molecule has 1 rings (SSSR count). The molecule has 3 nitrogen and oxygen atoms in total. The highest BCUT2D eigenvalue weighted by Crippen LogP contribution is 2.33. The van der Waals surface area contributed by atoms with E-state index in [2.05, 4.69) is 15.9 Å². The third-order valence-electron chi connectivity index (χ3n) is 2.09. The molecule has 0 bridgehead atoms. The molecule has 0 radical (unpaired) electrons. The fraction of sp³-hybridized carbons (Fsp3) is 0.455. The lowest BCUT2D eigenvalue weighted by Gasteiger charge is -2.13. The van der Waals surface area contributed by atoms with E-state index in [9.17, 15) is 0 Å². The molecular weight excluding hydrogens is 258 g/mol. The number of halogens is 1. The van der Waals surface area contributed by atoms with Gasteiger partial charge in [-0.3, -0.25) is 0 Å². The Morgan fingerprint density at radius 2 is 1.80 bits per heavy atom. The predicted octanol–water partition coefficient (Wildman–Crippen LogP) is 2.36. The SMILES string of the molecule is COc1cc(Br)c(CC(C)N)cc1OC. The summed E-state index contributed by atoms with van der Waals surface area (Å²) in [4.78, 5) is 0. The summed E-state index contributed by atoms with van der Waals surface area (Å²) in [7, 11) is 3.25. The minimum atomic E-state index is 0.124. The number of methoxy groups -OCH3 is 2. The second-order valence-electron chi connectivity index (χ2n) is 3.48. The first kappa shape index (κ1) is 12.3. The van der Waals surface area contributed by atoms with Gasteiger partial charge in [0.05, 0.1) is 14.2 Å². The highest BCUT2D eigenvalue weighted by atomic mass is 79.9. The Bertz CT molecular complexity index is 340. The van der Waals surface area contributed by atoms with Crippen LogP contribution in [0.3, 0.4) is 0 Å². The topological polar surface area (TPSA) is 44.5 Å². The zero-order valence-corrected chi connectivity index (χ0v) is 10.8. The maximum absolute atomic E-state index is 5.76. The van der Waals surface area contributed by atoms with Gasteiger partial charge in [0, 0.05) is 10.5 Å². The van der Waals surface area contributed by atoms with Crippen molar-refractivity contribution in [2.45, 2.75) is 19.4 Å². The number of nitrogens with two attached hydrogens (primary N) is 1. The molecule has 1 aromatic rings. The van der Waals surface area contributed by atoms with Gasteiger partial charge in [-0.1, -0.05) is 15.9 Å². The van der Waals surface area contributed by atoms with Crippen molar-refractivity contribution in [3.63, 3.8) is 0 Å². The van der Waals surface area contributed by atoms with E-state index in [-0.39, 0.29) is 6.04 Å². The van der Waals surface area contributed by atoms with Gasteiger partial charge in [0.1, 0.15) is 0 Å². The van der Waals surface area contributed by atoms with Gasteiger partial charge >= 0.3 is 0 Å². The highest BCUT2D eigenvalue weighted by molar-refractivity contribution is 9.10. The molecule has 4 heteroatoms. The first-order chi connectivity index (χ1) is 7.08. The third-order valence-corrected chi connectivity index (χ3v) is 2.83. The zero-order valence-electron chi connectivity index (χ0n) is 9.21. The standard InChI is InChI=1S/C11H16BrNO2/c1-7(13)4-8-5-10(14-2)11(15-3)6-9(8)12/h5-7H,4,13H2,1-3H3. The molecule has 0 saturated carbocycles. The third kappa shape index (κ3) is 3.11. The number of benzene rings is 1. The Hall–Kier alpha value is -0.740. The molecule has 0 amide bonds. The van der Waals surface area contributed by atoms with Crippen LogP contribution in [0.15, 0.2) is 16.6 Å². The maximum Gasteiger partial charge on any atom is 0.161 e. The average Bonchev–Trinajstić information content (AvgIpc) is 2.19. The van der Waals surface area contributed by atoms with Gasteiger partial charge in [-0.2, -0.15) is 0 Å². The van der Waals surface area contributed by atoms with Crippen LogP contribution in [0.4, 0.5) is 0 Å². The predicted molar refractivity (Wildman–Crippen MR) is 64.6 cm³/mol. The summed E-state index contributed by atoms with van der Waals surface area (Å²) < 4.78 is 11.4. The summed E-state index contributed by atoms with van der Waals surface area (Å²) in [5.41, 5.74) is 6.89. The molecule has 0 saturated heterocycles. The van der Waals surface area contributed by atoms with E-state index >= 15 is 0 Å². The van der Waals surface area contributed by atoms with Crippen molar-refractivity contribution in [2.75, 3.05) is 14.2 Å². The normalized spacial score (nSPS) is 12.3. The second kappa shape index (κ2) is 5.37. The smallest absolute Gasteiger partial charge is 0.161 e. The van der Waals surface area contributed by atoms with Crippen molar-refractivity contribution in [1.29, 1.82) is 0 Å². The Morgan fingerprint density at radius 1 is 1.27 bits per heavy atom. The first-order valence-electron chi connectivity index (χ1n) is 4.74. The van der Waals surface area contributed by atoms with Crippen molar-refractivity contribution >= 4 is 15.9 Å². The molecule has 2 N–H and O–H groups in total. The highest BCUT2D eigenvalue weighted by Gasteiger charge is 2.10. The summed E-state index contributed by atoms with van der Waals surface area (Å²) in [6.45, 7) is 1.98. The lowest BCUT2D eigenvalue weighted by Crippen LogP contribution is -2.18. The molecule has 0 aromatic heterocycles. The molecule has 1 atom stereocenters. The summed E-state index contributed by atoms with van der Waals surface area (Å²) >= 11 is 3.49. The lowest BCUT2D eigenvalue weighted by atomic mass is 10.1. The van der Waals surface area contributed by atoms with E-state index in [4.69, 9.17) is 15.2 Å². The Balaban J connectivity index is 3.08. The Kier molecular flexibility index (Phi) is 4.42. The van der Waals surface area contributed by atoms with Crippen molar-refractivity contribution in [1.82, 2.24) is 0 Å². The van der Waals surface area contributed by atoms with Crippen LogP contribution in [0, 0.1) is 0 Å². The monoisotopic (exact) mass is 273 g/mol. The largest absolute Gasteiger partial charge is 0.493 e. The van der Waals surface area contributed by atoms with E-state index in [0.29, 0.717) is 0 Å². The fourth-order valence-electron chi connectivity index (χ4n) is 1.40. The summed E-state index contributed by atoms with van der Waals surface area (Å²) in [6.07, 6.45) is 0.806. The molecule has 0 heterocycles. The van der Waals surface area contributed by atoms with Gasteiger partial charge in [0.25, 0.3) is 0 Å². The fourth-order valence-corrected chi connectivity index (χ4v) is 1.88. The average molecular weight is 274 g/mol. The molecule has 0 aliphatic rings. The molecule has 15 heavy (non-hydrogen) atoms. The molecule has 84 valence electrons. The Labute approximate surface area is 98.7 Å². The van der Waals surface area contributed by atoms with E-state index in [1.54, 1.807) is 14.2 Å². The second-order valence-corrected chi connectivity index (χ2v) is 4.33. The summed E-state index contributed by atoms with van der Waals surface area (Å²) in [5.74, 6) is 1.45. The van der Waals surface area contributed by atoms with E-state index < -0.39 is 0 Å². The van der Waals surface area contributed by atoms with Gasteiger partial charge in [-0.25, -0.2) is 0 Å². The number of hydrogen-bond acceptors (Lipinski definition) is 3. The van der Waals surface area contributed by atoms with Crippen molar-refractivity contribution in [3.05, 3.63) is 22.2 Å². The molecule has 0 aliphatic heterocycles. The van der Waals surface area contributed by atoms with Crippen LogP contribution in [-0.2, 0) is 6.42 Å². The molecular formula is C11H16BrNO2. The van der Waals surface area contributed by atoms with Crippen molar-refractivity contribution in [2.24, 2.45) is 5.73 Å². The van der Waals surface area contributed by atoms with E-state index in [1.165, 1.54) is 0 Å². The van der Waals surface area contributed by atoms with Gasteiger partial charge in [0.2, 0.25) is 0 Å². The van der Waals surface area contributed by atoms with Crippen LogP contribution in [0.5, 0.6) is 11.5 Å².